The number of hydrogen-bond donors (Lipinski definition) is 1. The van der Waals surface area contributed by atoms with Gasteiger partial charge in [-0.1, -0.05) is 12.1 Å². The van der Waals surface area contributed by atoms with Gasteiger partial charge in [-0.05, 0) is 36.2 Å². The number of pyridine rings is 1. The Morgan fingerprint density at radius 3 is 2.79 bits per heavy atom. The van der Waals surface area contributed by atoms with Crippen molar-refractivity contribution in [1.29, 1.82) is 0 Å². The first-order chi connectivity index (χ1) is 14.0. The Labute approximate surface area is 169 Å². The van der Waals surface area contributed by atoms with Crippen molar-refractivity contribution < 1.29 is 9.90 Å². The molecule has 0 spiro atoms. The fourth-order valence-corrected chi connectivity index (χ4v) is 3.57. The minimum atomic E-state index is 0.0224. The van der Waals surface area contributed by atoms with E-state index in [1.54, 1.807) is 30.6 Å². The summed E-state index contributed by atoms with van der Waals surface area (Å²) in [5, 5.41) is 9.64. The SMILES string of the molecule is CN(C)c1nc(-c2cccnc2)nc2c1CCN(C(=O)Cc1cccc(O)c1)C2. The number of anilines is 1. The molecule has 0 bridgehead atoms. The first kappa shape index (κ1) is 18.9. The standard InChI is InChI=1S/C22H23N5O2/c1-26(2)22-18-8-10-27(20(29)12-15-5-3-7-17(28)11-15)14-19(18)24-21(25-22)16-6-4-9-23-13-16/h3-7,9,11,13,28H,8,10,12,14H2,1-2H3. The molecule has 0 saturated carbocycles. The molecule has 0 unspecified atom stereocenters. The van der Waals surface area contributed by atoms with Crippen molar-refractivity contribution in [2.24, 2.45) is 0 Å². The maximum absolute atomic E-state index is 12.8. The Hall–Kier alpha value is -3.48. The minimum absolute atomic E-state index is 0.0224. The van der Waals surface area contributed by atoms with Crippen LogP contribution < -0.4 is 4.90 Å². The second-order valence-electron chi connectivity index (χ2n) is 7.34. The Morgan fingerprint density at radius 2 is 2.07 bits per heavy atom. The van der Waals surface area contributed by atoms with Crippen LogP contribution in [0, 0.1) is 0 Å². The number of phenolic OH excluding ortho intramolecular Hbond substituents is 1. The third-order valence-electron chi connectivity index (χ3n) is 5.01. The summed E-state index contributed by atoms with van der Waals surface area (Å²) >= 11 is 0. The van der Waals surface area contributed by atoms with Gasteiger partial charge in [0.25, 0.3) is 0 Å². The van der Waals surface area contributed by atoms with E-state index in [0.717, 1.165) is 28.2 Å². The molecule has 0 atom stereocenters. The van der Waals surface area contributed by atoms with E-state index in [-0.39, 0.29) is 18.1 Å². The van der Waals surface area contributed by atoms with E-state index in [4.69, 9.17) is 9.97 Å². The molecular weight excluding hydrogens is 366 g/mol. The second-order valence-corrected chi connectivity index (χ2v) is 7.34. The van der Waals surface area contributed by atoms with Gasteiger partial charge in [-0.25, -0.2) is 9.97 Å². The lowest BCUT2D eigenvalue weighted by molar-refractivity contribution is -0.131. The molecule has 1 N–H and O–H groups in total. The third-order valence-corrected chi connectivity index (χ3v) is 5.01. The minimum Gasteiger partial charge on any atom is -0.508 e. The van der Waals surface area contributed by atoms with E-state index >= 15 is 0 Å². The molecule has 1 aromatic carbocycles. The van der Waals surface area contributed by atoms with Crippen LogP contribution in [0.15, 0.2) is 48.8 Å². The van der Waals surface area contributed by atoms with Crippen molar-refractivity contribution in [3.8, 4) is 17.1 Å². The lowest BCUT2D eigenvalue weighted by Crippen LogP contribution is -2.38. The van der Waals surface area contributed by atoms with Crippen molar-refractivity contribution >= 4 is 11.7 Å². The zero-order valence-corrected chi connectivity index (χ0v) is 16.5. The van der Waals surface area contributed by atoms with E-state index in [0.29, 0.717) is 25.3 Å². The van der Waals surface area contributed by atoms with Crippen LogP contribution in [0.5, 0.6) is 5.75 Å². The molecule has 0 saturated heterocycles. The Morgan fingerprint density at radius 1 is 1.21 bits per heavy atom. The molecule has 0 radical (unpaired) electrons. The summed E-state index contributed by atoms with van der Waals surface area (Å²) in [6.07, 6.45) is 4.43. The highest BCUT2D eigenvalue weighted by Crippen LogP contribution is 2.28. The molecule has 7 nitrogen and oxygen atoms in total. The molecule has 1 amide bonds. The summed E-state index contributed by atoms with van der Waals surface area (Å²) in [5.41, 5.74) is 3.61. The van der Waals surface area contributed by atoms with E-state index < -0.39 is 0 Å². The number of benzene rings is 1. The molecule has 1 aliphatic heterocycles. The van der Waals surface area contributed by atoms with Gasteiger partial charge in [0.05, 0.1) is 18.7 Å². The highest BCUT2D eigenvalue weighted by atomic mass is 16.3. The number of phenols is 1. The fraction of sp³-hybridized carbons (Fsp3) is 0.273. The van der Waals surface area contributed by atoms with Gasteiger partial charge in [0.15, 0.2) is 5.82 Å². The van der Waals surface area contributed by atoms with Crippen molar-refractivity contribution in [1.82, 2.24) is 19.9 Å². The number of rotatable bonds is 4. The number of carbonyl (C=O) groups excluding carboxylic acids is 1. The predicted molar refractivity (Wildman–Crippen MR) is 111 cm³/mol. The predicted octanol–water partition coefficient (Wildman–Crippen LogP) is 2.44. The summed E-state index contributed by atoms with van der Waals surface area (Å²) in [7, 11) is 3.93. The summed E-state index contributed by atoms with van der Waals surface area (Å²) < 4.78 is 0. The van der Waals surface area contributed by atoms with Crippen molar-refractivity contribution in [2.75, 3.05) is 25.5 Å². The molecule has 0 aliphatic carbocycles. The molecule has 4 rings (SSSR count). The lowest BCUT2D eigenvalue weighted by Gasteiger charge is -2.30. The average Bonchev–Trinajstić information content (AvgIpc) is 2.73. The van der Waals surface area contributed by atoms with Crippen LogP contribution in [-0.2, 0) is 24.2 Å². The fourth-order valence-electron chi connectivity index (χ4n) is 3.57. The highest BCUT2D eigenvalue weighted by molar-refractivity contribution is 5.79. The highest BCUT2D eigenvalue weighted by Gasteiger charge is 2.26. The Kier molecular flexibility index (Phi) is 5.12. The first-order valence-corrected chi connectivity index (χ1v) is 9.54. The van der Waals surface area contributed by atoms with Gasteiger partial charge in [0.1, 0.15) is 11.6 Å². The molecule has 3 heterocycles. The van der Waals surface area contributed by atoms with E-state index in [2.05, 4.69) is 4.98 Å². The van der Waals surface area contributed by atoms with Crippen molar-refractivity contribution in [3.05, 3.63) is 65.6 Å². The number of aromatic hydroxyl groups is 1. The monoisotopic (exact) mass is 389 g/mol. The number of fused-ring (bicyclic) bond motifs is 1. The maximum Gasteiger partial charge on any atom is 0.227 e. The zero-order chi connectivity index (χ0) is 20.4. The first-order valence-electron chi connectivity index (χ1n) is 9.54. The van der Waals surface area contributed by atoms with Gasteiger partial charge in [-0.2, -0.15) is 0 Å². The number of aromatic nitrogens is 3. The van der Waals surface area contributed by atoms with Gasteiger partial charge in [-0.15, -0.1) is 0 Å². The number of carbonyl (C=O) groups is 1. The molecule has 3 aromatic rings. The zero-order valence-electron chi connectivity index (χ0n) is 16.5. The smallest absolute Gasteiger partial charge is 0.227 e. The van der Waals surface area contributed by atoms with Crippen LogP contribution in [0.1, 0.15) is 16.8 Å². The van der Waals surface area contributed by atoms with Crippen LogP contribution in [0.3, 0.4) is 0 Å². The number of amides is 1. The molecule has 7 heteroatoms. The normalized spacial score (nSPS) is 13.1. The molecule has 1 aliphatic rings. The van der Waals surface area contributed by atoms with Crippen LogP contribution in [0.25, 0.3) is 11.4 Å². The summed E-state index contributed by atoms with van der Waals surface area (Å²) in [6.45, 7) is 1.07. The Balaban J connectivity index is 1.62. The van der Waals surface area contributed by atoms with E-state index in [9.17, 15) is 9.90 Å². The molecular formula is C22H23N5O2. The molecule has 148 valence electrons. The summed E-state index contributed by atoms with van der Waals surface area (Å²) in [4.78, 5) is 30.3. The van der Waals surface area contributed by atoms with E-state index in [1.165, 1.54) is 0 Å². The maximum atomic E-state index is 12.8. The number of hydrogen-bond acceptors (Lipinski definition) is 6. The van der Waals surface area contributed by atoms with Crippen LogP contribution in [0.4, 0.5) is 5.82 Å². The summed E-state index contributed by atoms with van der Waals surface area (Å²) in [6, 6.07) is 10.6. The van der Waals surface area contributed by atoms with Crippen LogP contribution in [0.2, 0.25) is 0 Å². The van der Waals surface area contributed by atoms with Crippen LogP contribution >= 0.6 is 0 Å². The van der Waals surface area contributed by atoms with Crippen LogP contribution in [-0.4, -0.2) is 51.5 Å². The molecule has 29 heavy (non-hydrogen) atoms. The van der Waals surface area contributed by atoms with Gasteiger partial charge in [0, 0.05) is 44.2 Å². The average molecular weight is 389 g/mol. The molecule has 2 aromatic heterocycles. The molecule has 0 fully saturated rings. The van der Waals surface area contributed by atoms with Gasteiger partial charge in [0.2, 0.25) is 5.91 Å². The topological polar surface area (TPSA) is 82.5 Å². The quantitative estimate of drug-likeness (QED) is 0.738. The van der Waals surface area contributed by atoms with Gasteiger partial charge >= 0.3 is 0 Å². The van der Waals surface area contributed by atoms with Gasteiger partial charge < -0.3 is 14.9 Å². The largest absolute Gasteiger partial charge is 0.508 e. The summed E-state index contributed by atoms with van der Waals surface area (Å²) in [5.74, 6) is 1.69. The lowest BCUT2D eigenvalue weighted by atomic mass is 10.0. The second kappa shape index (κ2) is 7.87. The van der Waals surface area contributed by atoms with Gasteiger partial charge in [-0.3, -0.25) is 9.78 Å². The Bertz CT molecular complexity index is 1040. The number of nitrogens with zero attached hydrogens (tertiary/aromatic N) is 5. The van der Waals surface area contributed by atoms with Crippen molar-refractivity contribution in [2.45, 2.75) is 19.4 Å². The third kappa shape index (κ3) is 4.03. The van der Waals surface area contributed by atoms with E-state index in [1.807, 2.05) is 42.1 Å². The van der Waals surface area contributed by atoms with Crippen molar-refractivity contribution in [3.63, 3.8) is 0 Å².